The quantitative estimate of drug-likeness (QED) is 0.856. The summed E-state index contributed by atoms with van der Waals surface area (Å²) >= 11 is 0. The van der Waals surface area contributed by atoms with Gasteiger partial charge in [-0.2, -0.15) is 0 Å². The molecule has 1 aliphatic carbocycles. The van der Waals surface area contributed by atoms with Crippen LogP contribution in [0.1, 0.15) is 37.3 Å². The van der Waals surface area contributed by atoms with Crippen LogP contribution in [0.15, 0.2) is 18.2 Å². The molecule has 0 radical (unpaired) electrons. The lowest BCUT2D eigenvalue weighted by atomic mass is 9.74. The van der Waals surface area contributed by atoms with Crippen molar-refractivity contribution >= 4 is 5.97 Å². The minimum Gasteiger partial charge on any atom is -0.497 e. The van der Waals surface area contributed by atoms with Crippen LogP contribution in [-0.2, 0) is 16.8 Å². The number of carbonyl (C=O) groups is 1. The lowest BCUT2D eigenvalue weighted by Gasteiger charge is -2.39. The van der Waals surface area contributed by atoms with Gasteiger partial charge in [-0.05, 0) is 49.1 Å². The predicted octanol–water partition coefficient (Wildman–Crippen LogP) is 2.31. The molecule has 104 valence electrons. The third kappa shape index (κ3) is 2.73. The Kier molecular flexibility index (Phi) is 4.10. The highest BCUT2D eigenvalue weighted by atomic mass is 16.5. The average Bonchev–Trinajstić information content (AvgIpc) is 2.38. The molecular formula is C15H21NO3. The van der Waals surface area contributed by atoms with Crippen molar-refractivity contribution in [3.63, 3.8) is 0 Å². The van der Waals surface area contributed by atoms with Gasteiger partial charge in [0.25, 0.3) is 0 Å². The average molecular weight is 263 g/mol. The first kappa shape index (κ1) is 13.9. The third-order valence-electron chi connectivity index (χ3n) is 3.85. The van der Waals surface area contributed by atoms with E-state index >= 15 is 0 Å². The molecule has 1 unspecified atom stereocenters. The first-order chi connectivity index (χ1) is 9.11. The number of hydrogen-bond donors (Lipinski definition) is 2. The van der Waals surface area contributed by atoms with Crippen LogP contribution in [0.4, 0.5) is 0 Å². The topological polar surface area (TPSA) is 58.6 Å². The normalized spacial score (nSPS) is 21.8. The minimum atomic E-state index is -0.760. The summed E-state index contributed by atoms with van der Waals surface area (Å²) < 4.78 is 5.25. The molecule has 1 aromatic rings. The molecule has 0 aromatic heterocycles. The van der Waals surface area contributed by atoms with Crippen molar-refractivity contribution in [2.45, 2.75) is 38.1 Å². The SMILES string of the molecule is CCNC1(CC(=O)O)CCCc2cc(OC)ccc21. The number of hydrogen-bond acceptors (Lipinski definition) is 3. The second-order valence-corrected chi connectivity index (χ2v) is 5.06. The molecule has 0 fully saturated rings. The maximum Gasteiger partial charge on any atom is 0.305 e. The number of fused-ring (bicyclic) bond motifs is 1. The molecule has 19 heavy (non-hydrogen) atoms. The summed E-state index contributed by atoms with van der Waals surface area (Å²) in [6, 6.07) is 5.96. The number of carboxylic acids is 1. The molecule has 2 rings (SSSR count). The van der Waals surface area contributed by atoms with Crippen molar-refractivity contribution in [2.24, 2.45) is 0 Å². The molecule has 1 atom stereocenters. The lowest BCUT2D eigenvalue weighted by molar-refractivity contribution is -0.139. The van der Waals surface area contributed by atoms with Gasteiger partial charge < -0.3 is 15.2 Å². The number of ether oxygens (including phenoxy) is 1. The highest BCUT2D eigenvalue weighted by molar-refractivity contribution is 5.69. The maximum atomic E-state index is 11.2. The molecule has 4 nitrogen and oxygen atoms in total. The maximum absolute atomic E-state index is 11.2. The van der Waals surface area contributed by atoms with E-state index in [0.29, 0.717) is 0 Å². The summed E-state index contributed by atoms with van der Waals surface area (Å²) in [5.74, 6) is 0.0750. The highest BCUT2D eigenvalue weighted by Crippen LogP contribution is 2.39. The zero-order valence-corrected chi connectivity index (χ0v) is 11.5. The molecule has 0 amide bonds. The summed E-state index contributed by atoms with van der Waals surface area (Å²) in [5.41, 5.74) is 1.89. The number of methoxy groups -OCH3 is 1. The van der Waals surface area contributed by atoms with Gasteiger partial charge in [0.05, 0.1) is 19.1 Å². The fraction of sp³-hybridized carbons (Fsp3) is 0.533. The predicted molar refractivity (Wildman–Crippen MR) is 73.5 cm³/mol. The number of aryl methyl sites for hydroxylation is 1. The van der Waals surface area contributed by atoms with E-state index < -0.39 is 11.5 Å². The summed E-state index contributed by atoms with van der Waals surface area (Å²) in [5, 5.41) is 12.6. The van der Waals surface area contributed by atoms with Crippen molar-refractivity contribution in [3.8, 4) is 5.75 Å². The standard InChI is InChI=1S/C15H21NO3/c1-3-16-15(10-14(17)18)8-4-5-11-9-12(19-2)6-7-13(11)15/h6-7,9,16H,3-5,8,10H2,1-2H3,(H,17,18). The Bertz CT molecular complexity index is 472. The van der Waals surface area contributed by atoms with Gasteiger partial charge in [0, 0.05) is 0 Å². The first-order valence-electron chi connectivity index (χ1n) is 6.75. The molecule has 0 bridgehead atoms. The van der Waals surface area contributed by atoms with Gasteiger partial charge >= 0.3 is 5.97 Å². The molecule has 0 saturated heterocycles. The molecule has 2 N–H and O–H groups in total. The molecule has 0 heterocycles. The van der Waals surface area contributed by atoms with Crippen molar-refractivity contribution < 1.29 is 14.6 Å². The van der Waals surface area contributed by atoms with Crippen LogP contribution in [0.2, 0.25) is 0 Å². The Morgan fingerprint density at radius 1 is 1.53 bits per heavy atom. The van der Waals surface area contributed by atoms with E-state index in [2.05, 4.69) is 5.32 Å². The Balaban J connectivity index is 2.44. The van der Waals surface area contributed by atoms with Crippen LogP contribution in [0.3, 0.4) is 0 Å². The molecule has 0 spiro atoms. The van der Waals surface area contributed by atoms with Crippen LogP contribution in [0.5, 0.6) is 5.75 Å². The second-order valence-electron chi connectivity index (χ2n) is 5.06. The molecule has 1 aromatic carbocycles. The smallest absolute Gasteiger partial charge is 0.305 e. The number of rotatable bonds is 5. The Hall–Kier alpha value is -1.55. The van der Waals surface area contributed by atoms with Gasteiger partial charge in [0.2, 0.25) is 0 Å². The van der Waals surface area contributed by atoms with Gasteiger partial charge in [0.15, 0.2) is 0 Å². The van der Waals surface area contributed by atoms with Crippen molar-refractivity contribution in [1.82, 2.24) is 5.32 Å². The number of carboxylic acid groups (broad SMARTS) is 1. The number of aliphatic carboxylic acids is 1. The largest absolute Gasteiger partial charge is 0.497 e. The van der Waals surface area contributed by atoms with Gasteiger partial charge in [0.1, 0.15) is 5.75 Å². The van der Waals surface area contributed by atoms with Crippen LogP contribution >= 0.6 is 0 Å². The fourth-order valence-corrected chi connectivity index (χ4v) is 3.11. The minimum absolute atomic E-state index is 0.125. The Morgan fingerprint density at radius 3 is 2.95 bits per heavy atom. The van der Waals surface area contributed by atoms with Crippen molar-refractivity contribution in [1.29, 1.82) is 0 Å². The summed E-state index contributed by atoms with van der Waals surface area (Å²) in [6.07, 6.45) is 2.98. The van der Waals surface area contributed by atoms with Crippen LogP contribution in [0.25, 0.3) is 0 Å². The van der Waals surface area contributed by atoms with Gasteiger partial charge in [-0.25, -0.2) is 0 Å². The molecule has 0 aliphatic heterocycles. The third-order valence-corrected chi connectivity index (χ3v) is 3.85. The van der Waals surface area contributed by atoms with Gasteiger partial charge in [-0.1, -0.05) is 13.0 Å². The van der Waals surface area contributed by atoms with Gasteiger partial charge in [-0.15, -0.1) is 0 Å². The molecule has 1 aliphatic rings. The summed E-state index contributed by atoms with van der Waals surface area (Å²) in [7, 11) is 1.65. The van der Waals surface area contributed by atoms with Gasteiger partial charge in [-0.3, -0.25) is 4.79 Å². The van der Waals surface area contributed by atoms with Crippen molar-refractivity contribution in [3.05, 3.63) is 29.3 Å². The zero-order valence-electron chi connectivity index (χ0n) is 11.5. The number of nitrogens with one attached hydrogen (secondary N) is 1. The molecule has 0 saturated carbocycles. The van der Waals surface area contributed by atoms with E-state index in [1.165, 1.54) is 5.56 Å². The monoisotopic (exact) mass is 263 g/mol. The molecular weight excluding hydrogens is 242 g/mol. The summed E-state index contributed by atoms with van der Waals surface area (Å²) in [6.45, 7) is 2.78. The molecule has 4 heteroatoms. The van der Waals surface area contributed by atoms with E-state index in [1.54, 1.807) is 7.11 Å². The van der Waals surface area contributed by atoms with E-state index in [-0.39, 0.29) is 6.42 Å². The Morgan fingerprint density at radius 2 is 2.32 bits per heavy atom. The fourth-order valence-electron chi connectivity index (χ4n) is 3.11. The van der Waals surface area contributed by atoms with Crippen LogP contribution < -0.4 is 10.1 Å². The first-order valence-corrected chi connectivity index (χ1v) is 6.75. The summed E-state index contributed by atoms with van der Waals surface area (Å²) in [4.78, 5) is 11.2. The lowest BCUT2D eigenvalue weighted by Crippen LogP contribution is -2.46. The van der Waals surface area contributed by atoms with E-state index in [1.807, 2.05) is 25.1 Å². The number of benzene rings is 1. The van der Waals surface area contributed by atoms with Crippen LogP contribution in [-0.4, -0.2) is 24.7 Å². The van der Waals surface area contributed by atoms with E-state index in [4.69, 9.17) is 4.74 Å². The van der Waals surface area contributed by atoms with E-state index in [0.717, 1.165) is 37.1 Å². The van der Waals surface area contributed by atoms with E-state index in [9.17, 15) is 9.90 Å². The highest BCUT2D eigenvalue weighted by Gasteiger charge is 2.37. The zero-order chi connectivity index (χ0) is 13.9. The van der Waals surface area contributed by atoms with Crippen molar-refractivity contribution in [2.75, 3.05) is 13.7 Å². The second kappa shape index (κ2) is 5.61. The Labute approximate surface area is 113 Å². The van der Waals surface area contributed by atoms with Crippen LogP contribution in [0, 0.1) is 0 Å².